The summed E-state index contributed by atoms with van der Waals surface area (Å²) in [6.45, 7) is 9.09. The van der Waals surface area contributed by atoms with Gasteiger partial charge in [-0.2, -0.15) is 0 Å². The van der Waals surface area contributed by atoms with Crippen molar-refractivity contribution in [1.82, 2.24) is 0 Å². The molecule has 1 aromatic carbocycles. The van der Waals surface area contributed by atoms with E-state index < -0.39 is 0 Å². The van der Waals surface area contributed by atoms with E-state index in [2.05, 4.69) is 39.8 Å². The van der Waals surface area contributed by atoms with Crippen LogP contribution in [0.2, 0.25) is 0 Å². The van der Waals surface area contributed by atoms with Crippen molar-refractivity contribution in [2.45, 2.75) is 51.9 Å². The van der Waals surface area contributed by atoms with E-state index in [1.54, 1.807) is 7.11 Å². The second-order valence-electron chi connectivity index (χ2n) is 6.23. The highest BCUT2D eigenvalue weighted by atomic mass is 16.5. The maximum absolute atomic E-state index is 6.37. The molecule has 1 rings (SSSR count). The second-order valence-corrected chi connectivity index (χ2v) is 6.23. The summed E-state index contributed by atoms with van der Waals surface area (Å²) in [5, 5.41) is 0. The van der Waals surface area contributed by atoms with Crippen LogP contribution in [0.5, 0.6) is 0 Å². The summed E-state index contributed by atoms with van der Waals surface area (Å²) in [6.07, 6.45) is 0.874. The average Bonchev–Trinajstić information content (AvgIpc) is 2.43. The summed E-state index contributed by atoms with van der Waals surface area (Å²) in [5.74, 6) is 0.371. The molecule has 0 saturated carbocycles. The van der Waals surface area contributed by atoms with E-state index in [-0.39, 0.29) is 17.7 Å². The highest BCUT2D eigenvalue weighted by Gasteiger charge is 2.25. The maximum atomic E-state index is 6.37. The Kier molecular flexibility index (Phi) is 6.66. The first-order chi connectivity index (χ1) is 9.37. The van der Waals surface area contributed by atoms with Gasteiger partial charge in [0.15, 0.2) is 0 Å². The molecule has 114 valence electrons. The lowest BCUT2D eigenvalue weighted by Crippen LogP contribution is -2.35. The summed E-state index contributed by atoms with van der Waals surface area (Å²) < 4.78 is 11.5. The summed E-state index contributed by atoms with van der Waals surface area (Å²) in [6, 6.07) is 10.1. The normalized spacial score (nSPS) is 15.3. The summed E-state index contributed by atoms with van der Waals surface area (Å²) in [7, 11) is 1.73. The van der Waals surface area contributed by atoms with Crippen molar-refractivity contribution < 1.29 is 9.47 Å². The minimum Gasteiger partial charge on any atom is -0.379 e. The standard InChI is InChI=1S/C17H29NO2/c1-13(2)16(20-12-11-17(3,4)19-5)15(18)14-9-7-6-8-10-14/h6-10,13,15-16H,11-12,18H2,1-5H3. The molecule has 0 heterocycles. The average molecular weight is 279 g/mol. The molecule has 2 N–H and O–H groups in total. The summed E-state index contributed by atoms with van der Waals surface area (Å²) >= 11 is 0. The number of nitrogens with two attached hydrogens (primary N) is 1. The molecule has 0 amide bonds. The first kappa shape index (κ1) is 17.2. The zero-order valence-electron chi connectivity index (χ0n) is 13.4. The molecule has 1 aromatic rings. The first-order valence-corrected chi connectivity index (χ1v) is 7.34. The van der Waals surface area contributed by atoms with Crippen LogP contribution in [-0.4, -0.2) is 25.4 Å². The van der Waals surface area contributed by atoms with Crippen LogP contribution in [0.15, 0.2) is 30.3 Å². The van der Waals surface area contributed by atoms with E-state index in [0.29, 0.717) is 12.5 Å². The molecule has 2 atom stereocenters. The number of benzene rings is 1. The highest BCUT2D eigenvalue weighted by Crippen LogP contribution is 2.23. The van der Waals surface area contributed by atoms with Gasteiger partial charge in [-0.1, -0.05) is 44.2 Å². The third kappa shape index (κ3) is 5.23. The smallest absolute Gasteiger partial charge is 0.0790 e. The maximum Gasteiger partial charge on any atom is 0.0790 e. The van der Waals surface area contributed by atoms with Crippen LogP contribution in [0.3, 0.4) is 0 Å². The first-order valence-electron chi connectivity index (χ1n) is 7.34. The van der Waals surface area contributed by atoms with E-state index in [9.17, 15) is 0 Å². The number of hydrogen-bond donors (Lipinski definition) is 1. The monoisotopic (exact) mass is 279 g/mol. The van der Waals surface area contributed by atoms with Crippen LogP contribution in [0.4, 0.5) is 0 Å². The lowest BCUT2D eigenvalue weighted by Gasteiger charge is -2.30. The predicted molar refractivity (Wildman–Crippen MR) is 83.7 cm³/mol. The Balaban J connectivity index is 2.61. The number of hydrogen-bond acceptors (Lipinski definition) is 3. The van der Waals surface area contributed by atoms with Gasteiger partial charge in [-0.25, -0.2) is 0 Å². The van der Waals surface area contributed by atoms with Crippen molar-refractivity contribution in [1.29, 1.82) is 0 Å². The van der Waals surface area contributed by atoms with Gasteiger partial charge in [0.25, 0.3) is 0 Å². The van der Waals surface area contributed by atoms with Gasteiger partial charge in [0.05, 0.1) is 17.7 Å². The van der Waals surface area contributed by atoms with Crippen LogP contribution < -0.4 is 5.73 Å². The van der Waals surface area contributed by atoms with E-state index in [0.717, 1.165) is 12.0 Å². The van der Waals surface area contributed by atoms with Gasteiger partial charge < -0.3 is 15.2 Å². The molecule has 0 bridgehead atoms. The second kappa shape index (κ2) is 7.77. The third-order valence-corrected chi connectivity index (χ3v) is 3.76. The fourth-order valence-electron chi connectivity index (χ4n) is 2.12. The topological polar surface area (TPSA) is 44.5 Å². The minimum absolute atomic E-state index is 0.0186. The lowest BCUT2D eigenvalue weighted by atomic mass is 9.94. The molecule has 0 aliphatic carbocycles. The Labute approximate surface area is 123 Å². The van der Waals surface area contributed by atoms with Crippen molar-refractivity contribution in [3.05, 3.63) is 35.9 Å². The zero-order chi connectivity index (χ0) is 15.2. The number of rotatable bonds is 8. The number of methoxy groups -OCH3 is 1. The SMILES string of the molecule is COC(C)(C)CCOC(C(C)C)C(N)c1ccccc1. The van der Waals surface area contributed by atoms with Gasteiger partial charge >= 0.3 is 0 Å². The van der Waals surface area contributed by atoms with Crippen LogP contribution in [-0.2, 0) is 9.47 Å². The molecule has 0 radical (unpaired) electrons. The lowest BCUT2D eigenvalue weighted by molar-refractivity contribution is -0.0443. The molecule has 0 fully saturated rings. The molecular weight excluding hydrogens is 250 g/mol. The van der Waals surface area contributed by atoms with Crippen LogP contribution in [0, 0.1) is 5.92 Å². The predicted octanol–water partition coefficient (Wildman–Crippen LogP) is 3.54. The summed E-state index contributed by atoms with van der Waals surface area (Å²) in [4.78, 5) is 0. The van der Waals surface area contributed by atoms with Crippen LogP contribution in [0.25, 0.3) is 0 Å². The summed E-state index contributed by atoms with van der Waals surface area (Å²) in [5.41, 5.74) is 7.33. The molecule has 0 saturated heterocycles. The van der Waals surface area contributed by atoms with Gasteiger partial charge in [0, 0.05) is 13.7 Å². The largest absolute Gasteiger partial charge is 0.379 e. The van der Waals surface area contributed by atoms with Crippen molar-refractivity contribution in [3.8, 4) is 0 Å². The Hall–Kier alpha value is -0.900. The van der Waals surface area contributed by atoms with Gasteiger partial charge in [0.1, 0.15) is 0 Å². The Morgan fingerprint density at radius 1 is 1.15 bits per heavy atom. The Morgan fingerprint density at radius 2 is 1.75 bits per heavy atom. The van der Waals surface area contributed by atoms with Crippen molar-refractivity contribution >= 4 is 0 Å². The van der Waals surface area contributed by atoms with E-state index in [1.807, 2.05) is 18.2 Å². The van der Waals surface area contributed by atoms with E-state index >= 15 is 0 Å². The number of ether oxygens (including phenoxy) is 2. The molecule has 0 aromatic heterocycles. The Morgan fingerprint density at radius 3 is 2.25 bits per heavy atom. The fraction of sp³-hybridized carbons (Fsp3) is 0.647. The Bertz CT molecular complexity index is 376. The zero-order valence-corrected chi connectivity index (χ0v) is 13.4. The molecule has 2 unspecified atom stereocenters. The van der Waals surface area contributed by atoms with Gasteiger partial charge in [0.2, 0.25) is 0 Å². The van der Waals surface area contributed by atoms with Gasteiger partial charge in [-0.3, -0.25) is 0 Å². The van der Waals surface area contributed by atoms with Crippen LogP contribution in [0.1, 0.15) is 45.7 Å². The van der Waals surface area contributed by atoms with E-state index in [1.165, 1.54) is 0 Å². The molecule has 0 aliphatic heterocycles. The van der Waals surface area contributed by atoms with Gasteiger partial charge in [-0.05, 0) is 31.7 Å². The third-order valence-electron chi connectivity index (χ3n) is 3.76. The van der Waals surface area contributed by atoms with Crippen molar-refractivity contribution in [2.24, 2.45) is 11.7 Å². The van der Waals surface area contributed by atoms with E-state index in [4.69, 9.17) is 15.2 Å². The molecule has 3 nitrogen and oxygen atoms in total. The highest BCUT2D eigenvalue weighted by molar-refractivity contribution is 5.19. The molecule has 3 heteroatoms. The van der Waals surface area contributed by atoms with Crippen molar-refractivity contribution in [2.75, 3.05) is 13.7 Å². The quantitative estimate of drug-likeness (QED) is 0.791. The molecular formula is C17H29NO2. The fourth-order valence-corrected chi connectivity index (χ4v) is 2.12. The molecule has 20 heavy (non-hydrogen) atoms. The molecule has 0 spiro atoms. The van der Waals surface area contributed by atoms with Crippen LogP contribution >= 0.6 is 0 Å². The van der Waals surface area contributed by atoms with Crippen molar-refractivity contribution in [3.63, 3.8) is 0 Å². The minimum atomic E-state index is -0.154. The molecule has 0 aliphatic rings. The van der Waals surface area contributed by atoms with Gasteiger partial charge in [-0.15, -0.1) is 0 Å².